The van der Waals surface area contributed by atoms with Crippen LogP contribution in [-0.2, 0) is 16.6 Å². The van der Waals surface area contributed by atoms with Crippen LogP contribution in [0, 0.1) is 11.8 Å². The fourth-order valence-electron chi connectivity index (χ4n) is 2.40. The lowest BCUT2D eigenvalue weighted by atomic mass is 10.3. The number of imidazole rings is 1. The van der Waals surface area contributed by atoms with Gasteiger partial charge in [-0.25, -0.2) is 18.1 Å². The van der Waals surface area contributed by atoms with Crippen molar-refractivity contribution in [1.29, 1.82) is 0 Å². The summed E-state index contributed by atoms with van der Waals surface area (Å²) in [6.45, 7) is 3.15. The van der Waals surface area contributed by atoms with Crippen LogP contribution in [0.25, 0.3) is 11.0 Å². The van der Waals surface area contributed by atoms with Crippen LogP contribution in [-0.4, -0.2) is 30.3 Å². The molecular formula is C14H19N3O2S. The number of fused-ring (bicyclic) bond motifs is 1. The molecule has 0 aliphatic heterocycles. The van der Waals surface area contributed by atoms with Crippen molar-refractivity contribution in [2.45, 2.75) is 19.9 Å². The summed E-state index contributed by atoms with van der Waals surface area (Å²) < 4.78 is 28.5. The van der Waals surface area contributed by atoms with Crippen molar-refractivity contribution in [3.63, 3.8) is 0 Å². The molecule has 20 heavy (non-hydrogen) atoms. The Kier molecular flexibility index (Phi) is 3.52. The Morgan fingerprint density at radius 2 is 2.15 bits per heavy atom. The first-order valence-electron chi connectivity index (χ1n) is 6.92. The minimum atomic E-state index is -3.20. The highest BCUT2D eigenvalue weighted by atomic mass is 32.2. The van der Waals surface area contributed by atoms with Gasteiger partial charge in [-0.2, -0.15) is 0 Å². The zero-order valence-electron chi connectivity index (χ0n) is 11.5. The summed E-state index contributed by atoms with van der Waals surface area (Å²) >= 11 is 0. The van der Waals surface area contributed by atoms with Crippen molar-refractivity contribution in [2.24, 2.45) is 11.8 Å². The van der Waals surface area contributed by atoms with Gasteiger partial charge in [-0.15, -0.1) is 0 Å². The molecule has 1 heterocycles. The second-order valence-electron chi connectivity index (χ2n) is 5.57. The lowest BCUT2D eigenvalue weighted by Crippen LogP contribution is -2.30. The molecule has 1 fully saturated rings. The van der Waals surface area contributed by atoms with E-state index in [2.05, 4.69) is 16.6 Å². The number of sulfonamides is 1. The molecule has 0 saturated heterocycles. The first kappa shape index (κ1) is 13.6. The molecule has 2 aromatic rings. The first-order valence-corrected chi connectivity index (χ1v) is 8.57. The van der Waals surface area contributed by atoms with E-state index in [1.54, 1.807) is 6.33 Å². The largest absolute Gasteiger partial charge is 0.330 e. The van der Waals surface area contributed by atoms with Gasteiger partial charge < -0.3 is 4.57 Å². The van der Waals surface area contributed by atoms with Crippen molar-refractivity contribution in [2.75, 3.05) is 12.3 Å². The summed E-state index contributed by atoms with van der Waals surface area (Å²) in [6.07, 6.45) is 2.83. The highest BCUT2D eigenvalue weighted by molar-refractivity contribution is 7.89. The molecule has 108 valence electrons. The van der Waals surface area contributed by atoms with E-state index in [-0.39, 0.29) is 5.75 Å². The highest BCUT2D eigenvalue weighted by Crippen LogP contribution is 2.36. The fraction of sp³-hybridized carbons (Fsp3) is 0.500. The summed E-state index contributed by atoms with van der Waals surface area (Å²) in [5, 5.41) is 0. The molecule has 3 rings (SSSR count). The lowest BCUT2D eigenvalue weighted by molar-refractivity contribution is 0.569. The van der Waals surface area contributed by atoms with Crippen molar-refractivity contribution >= 4 is 21.1 Å². The fourth-order valence-corrected chi connectivity index (χ4v) is 3.45. The molecule has 0 amide bonds. The predicted octanol–water partition coefficient (Wildman–Crippen LogP) is 1.61. The monoisotopic (exact) mass is 293 g/mol. The van der Waals surface area contributed by atoms with Crippen molar-refractivity contribution in [3.8, 4) is 0 Å². The van der Waals surface area contributed by atoms with Crippen LogP contribution in [0.15, 0.2) is 30.6 Å². The summed E-state index contributed by atoms with van der Waals surface area (Å²) in [4.78, 5) is 4.26. The number of nitrogens with one attached hydrogen (secondary N) is 1. The molecule has 5 nitrogen and oxygen atoms in total. The van der Waals surface area contributed by atoms with E-state index in [0.29, 0.717) is 24.9 Å². The summed E-state index contributed by atoms with van der Waals surface area (Å²) in [6, 6.07) is 7.73. The molecular weight excluding hydrogens is 274 g/mol. The number of benzene rings is 1. The van der Waals surface area contributed by atoms with Gasteiger partial charge in [-0.1, -0.05) is 19.1 Å². The number of hydrogen-bond donors (Lipinski definition) is 1. The molecule has 6 heteroatoms. The molecule has 1 aliphatic rings. The van der Waals surface area contributed by atoms with E-state index < -0.39 is 10.0 Å². The SMILES string of the molecule is C[C@@H]1C[C@@H]1CNS(=O)(=O)CCn1cnc2ccccc21. The molecule has 0 bridgehead atoms. The van der Waals surface area contributed by atoms with E-state index in [4.69, 9.17) is 0 Å². The molecule has 0 spiro atoms. The lowest BCUT2D eigenvalue weighted by Gasteiger charge is -2.07. The average molecular weight is 293 g/mol. The predicted molar refractivity (Wildman–Crippen MR) is 78.8 cm³/mol. The van der Waals surface area contributed by atoms with Gasteiger partial charge in [0.1, 0.15) is 0 Å². The Hall–Kier alpha value is -1.40. The van der Waals surface area contributed by atoms with E-state index >= 15 is 0 Å². The quantitative estimate of drug-likeness (QED) is 0.880. The van der Waals surface area contributed by atoms with Crippen LogP contribution >= 0.6 is 0 Å². The molecule has 1 aromatic heterocycles. The van der Waals surface area contributed by atoms with Crippen molar-refractivity contribution in [1.82, 2.24) is 14.3 Å². The Morgan fingerprint density at radius 1 is 1.40 bits per heavy atom. The van der Waals surface area contributed by atoms with Crippen LogP contribution in [0.1, 0.15) is 13.3 Å². The second-order valence-corrected chi connectivity index (χ2v) is 7.49. The van der Waals surface area contributed by atoms with E-state index in [0.717, 1.165) is 17.5 Å². The van der Waals surface area contributed by atoms with Gasteiger partial charge in [0.15, 0.2) is 0 Å². The highest BCUT2D eigenvalue weighted by Gasteiger charge is 2.33. The Balaban J connectivity index is 1.60. The molecule has 0 unspecified atom stereocenters. The van der Waals surface area contributed by atoms with Gasteiger partial charge in [0.05, 0.1) is 23.1 Å². The van der Waals surface area contributed by atoms with Gasteiger partial charge in [0.2, 0.25) is 10.0 Å². The zero-order valence-corrected chi connectivity index (χ0v) is 12.3. The molecule has 0 radical (unpaired) electrons. The third-order valence-electron chi connectivity index (χ3n) is 3.97. The van der Waals surface area contributed by atoms with Gasteiger partial charge in [-0.05, 0) is 30.4 Å². The van der Waals surface area contributed by atoms with E-state index in [9.17, 15) is 8.42 Å². The Labute approximate surface area is 119 Å². The maximum atomic E-state index is 12.0. The molecule has 1 aliphatic carbocycles. The topological polar surface area (TPSA) is 64.0 Å². The summed E-state index contributed by atoms with van der Waals surface area (Å²) in [5.41, 5.74) is 1.86. The molecule has 1 aromatic carbocycles. The van der Waals surface area contributed by atoms with Crippen molar-refractivity contribution < 1.29 is 8.42 Å². The molecule has 2 atom stereocenters. The number of para-hydroxylation sites is 2. The van der Waals surface area contributed by atoms with E-state index in [1.165, 1.54) is 0 Å². The van der Waals surface area contributed by atoms with Crippen LogP contribution in [0.4, 0.5) is 0 Å². The average Bonchev–Trinajstić information content (AvgIpc) is 2.98. The van der Waals surface area contributed by atoms with Crippen LogP contribution in [0.5, 0.6) is 0 Å². The number of aryl methyl sites for hydroxylation is 1. The molecule has 1 saturated carbocycles. The summed E-state index contributed by atoms with van der Waals surface area (Å²) in [7, 11) is -3.20. The van der Waals surface area contributed by atoms with Gasteiger partial charge >= 0.3 is 0 Å². The number of nitrogens with zero attached hydrogens (tertiary/aromatic N) is 2. The third kappa shape index (κ3) is 3.02. The number of aromatic nitrogens is 2. The third-order valence-corrected chi connectivity index (χ3v) is 5.30. The summed E-state index contributed by atoms with van der Waals surface area (Å²) in [5.74, 6) is 1.28. The van der Waals surface area contributed by atoms with Gasteiger partial charge in [0.25, 0.3) is 0 Å². The van der Waals surface area contributed by atoms with Crippen LogP contribution in [0.2, 0.25) is 0 Å². The van der Waals surface area contributed by atoms with Crippen LogP contribution in [0.3, 0.4) is 0 Å². The van der Waals surface area contributed by atoms with Gasteiger partial charge in [0, 0.05) is 13.1 Å². The molecule has 1 N–H and O–H groups in total. The maximum Gasteiger partial charge on any atom is 0.213 e. The number of rotatable bonds is 6. The number of hydrogen-bond acceptors (Lipinski definition) is 3. The van der Waals surface area contributed by atoms with Gasteiger partial charge in [-0.3, -0.25) is 0 Å². The Morgan fingerprint density at radius 3 is 2.90 bits per heavy atom. The van der Waals surface area contributed by atoms with Crippen LogP contribution < -0.4 is 4.72 Å². The smallest absolute Gasteiger partial charge is 0.213 e. The normalized spacial score (nSPS) is 22.2. The first-order chi connectivity index (χ1) is 9.55. The Bertz CT molecular complexity index is 708. The van der Waals surface area contributed by atoms with E-state index in [1.807, 2.05) is 28.8 Å². The maximum absolute atomic E-state index is 12.0. The second kappa shape index (κ2) is 5.18. The minimum Gasteiger partial charge on any atom is -0.330 e. The zero-order chi connectivity index (χ0) is 14.2. The standard InChI is InChI=1S/C14H19N3O2S/c1-11-8-12(11)9-16-20(18,19)7-6-17-10-15-13-4-2-3-5-14(13)17/h2-5,10-12,16H,6-9H2,1H3/t11-,12-/m1/s1. The minimum absolute atomic E-state index is 0.0917. The van der Waals surface area contributed by atoms with Crippen molar-refractivity contribution in [3.05, 3.63) is 30.6 Å².